The molecular weight excluding hydrogens is 404 g/mol. The first-order valence-electron chi connectivity index (χ1n) is 9.10. The normalized spacial score (nSPS) is 11.8. The van der Waals surface area contributed by atoms with Crippen LogP contribution in [-0.2, 0) is 11.2 Å². The van der Waals surface area contributed by atoms with Crippen LogP contribution in [0.2, 0.25) is 0 Å². The van der Waals surface area contributed by atoms with Crippen molar-refractivity contribution in [1.29, 1.82) is 0 Å². The number of benzene rings is 2. The minimum Gasteiger partial charge on any atom is -0.493 e. The minimum absolute atomic E-state index is 0.140. The highest BCUT2D eigenvalue weighted by atomic mass is 32.1. The van der Waals surface area contributed by atoms with E-state index in [0.717, 1.165) is 22.2 Å². The lowest BCUT2D eigenvalue weighted by Gasteiger charge is -2.14. The number of para-hydroxylation sites is 2. The number of fused-ring (bicyclic) bond motifs is 3. The predicted molar refractivity (Wildman–Crippen MR) is 116 cm³/mol. The van der Waals surface area contributed by atoms with Crippen LogP contribution in [0.15, 0.2) is 53.8 Å². The lowest BCUT2D eigenvalue weighted by Crippen LogP contribution is -2.22. The van der Waals surface area contributed by atoms with Gasteiger partial charge in [0.25, 0.3) is 5.56 Å². The summed E-state index contributed by atoms with van der Waals surface area (Å²) < 4.78 is 13.0. The van der Waals surface area contributed by atoms with Gasteiger partial charge in [0.2, 0.25) is 0 Å². The summed E-state index contributed by atoms with van der Waals surface area (Å²) in [5.74, 6) is -0.338. The summed E-state index contributed by atoms with van der Waals surface area (Å²) >= 11 is 1.31. The molecule has 4 rings (SSSR count). The summed E-state index contributed by atoms with van der Waals surface area (Å²) in [6.45, 7) is 3.26. The molecule has 2 aromatic carbocycles. The summed E-state index contributed by atoms with van der Waals surface area (Å²) in [6, 6.07) is 11.1. The maximum absolute atomic E-state index is 13.0. The van der Waals surface area contributed by atoms with Gasteiger partial charge in [-0.05, 0) is 42.3 Å². The second-order valence-electron chi connectivity index (χ2n) is 6.52. The molecule has 0 saturated heterocycles. The van der Waals surface area contributed by atoms with Crippen molar-refractivity contribution in [1.82, 2.24) is 9.38 Å². The molecular formula is C22H18N2O5S. The zero-order valence-electron chi connectivity index (χ0n) is 16.1. The predicted octanol–water partition coefficient (Wildman–Crippen LogP) is 2.66. The number of hydrogen-bond acceptors (Lipinski definition) is 6. The topological polar surface area (TPSA) is 90.1 Å². The molecule has 0 radical (unpaired) electrons. The quantitative estimate of drug-likeness (QED) is 0.461. The molecule has 0 spiro atoms. The Labute approximate surface area is 175 Å². The average Bonchev–Trinajstić information content (AvgIpc) is 3.23. The van der Waals surface area contributed by atoms with E-state index >= 15 is 0 Å². The third kappa shape index (κ3) is 3.53. The molecule has 0 saturated carbocycles. The number of hydrogen-bond donors (Lipinski definition) is 1. The highest BCUT2D eigenvalue weighted by Crippen LogP contribution is 2.34. The molecule has 152 valence electrons. The Kier molecular flexibility index (Phi) is 5.24. The summed E-state index contributed by atoms with van der Waals surface area (Å²) in [4.78, 5) is 29.0. The van der Waals surface area contributed by atoms with Gasteiger partial charge in [-0.1, -0.05) is 29.5 Å². The van der Waals surface area contributed by atoms with E-state index in [-0.39, 0.29) is 5.56 Å². The lowest BCUT2D eigenvalue weighted by atomic mass is 10.1. The molecule has 8 heteroatoms. The third-order valence-corrected chi connectivity index (χ3v) is 5.49. The van der Waals surface area contributed by atoms with E-state index in [4.69, 9.17) is 14.6 Å². The van der Waals surface area contributed by atoms with Crippen molar-refractivity contribution >= 4 is 39.4 Å². The van der Waals surface area contributed by atoms with Gasteiger partial charge in [0.1, 0.15) is 0 Å². The first kappa shape index (κ1) is 19.7. The number of aliphatic carboxylic acids is 1. The van der Waals surface area contributed by atoms with E-state index in [1.54, 1.807) is 22.6 Å². The fourth-order valence-corrected chi connectivity index (χ4v) is 4.27. The summed E-state index contributed by atoms with van der Waals surface area (Å²) in [6.07, 6.45) is 3.92. The number of carboxylic acid groups (broad SMARTS) is 1. The maximum Gasteiger partial charge on any atom is 0.341 e. The molecule has 0 aliphatic heterocycles. The van der Waals surface area contributed by atoms with Crippen LogP contribution in [0.1, 0.15) is 11.1 Å². The Bertz CT molecular complexity index is 1390. The Morgan fingerprint density at radius 1 is 1.33 bits per heavy atom. The van der Waals surface area contributed by atoms with Gasteiger partial charge in [0, 0.05) is 5.56 Å². The van der Waals surface area contributed by atoms with E-state index in [0.29, 0.717) is 27.4 Å². The van der Waals surface area contributed by atoms with Gasteiger partial charge >= 0.3 is 5.97 Å². The molecule has 0 bridgehead atoms. The summed E-state index contributed by atoms with van der Waals surface area (Å²) in [7, 11) is 1.48. The second-order valence-corrected chi connectivity index (χ2v) is 7.53. The number of aromatic nitrogens is 2. The highest BCUT2D eigenvalue weighted by Gasteiger charge is 2.15. The highest BCUT2D eigenvalue weighted by molar-refractivity contribution is 7.15. The van der Waals surface area contributed by atoms with Gasteiger partial charge in [-0.15, -0.1) is 6.58 Å². The van der Waals surface area contributed by atoms with Crippen molar-refractivity contribution in [3.05, 3.63) is 75.1 Å². The van der Waals surface area contributed by atoms with E-state index in [9.17, 15) is 9.59 Å². The zero-order chi connectivity index (χ0) is 21.3. The molecule has 0 unspecified atom stereocenters. The average molecular weight is 422 g/mol. The summed E-state index contributed by atoms with van der Waals surface area (Å²) in [5.41, 5.74) is 2.87. The number of imidazole rings is 1. The number of thiazole rings is 1. The summed E-state index contributed by atoms with van der Waals surface area (Å²) in [5, 5.41) is 8.93. The van der Waals surface area contributed by atoms with Crippen molar-refractivity contribution < 1.29 is 19.4 Å². The van der Waals surface area contributed by atoms with Crippen LogP contribution >= 0.6 is 11.3 Å². The Balaban J connectivity index is 1.86. The molecule has 7 nitrogen and oxygen atoms in total. The molecule has 0 atom stereocenters. The van der Waals surface area contributed by atoms with Crippen molar-refractivity contribution in [2.75, 3.05) is 13.7 Å². The second kappa shape index (κ2) is 8.00. The smallest absolute Gasteiger partial charge is 0.341 e. The molecule has 0 amide bonds. The largest absolute Gasteiger partial charge is 0.493 e. The van der Waals surface area contributed by atoms with Crippen molar-refractivity contribution in [3.63, 3.8) is 0 Å². The molecule has 2 aromatic heterocycles. The van der Waals surface area contributed by atoms with Crippen molar-refractivity contribution in [2.45, 2.75) is 6.42 Å². The van der Waals surface area contributed by atoms with Crippen LogP contribution in [0, 0.1) is 0 Å². The SMILES string of the molecule is C=CCc1cc(/C=c2/sc3nc4ccccc4n3c2=O)cc(OC)c1OCC(=O)O. The van der Waals surface area contributed by atoms with Gasteiger partial charge in [0.05, 0.1) is 22.7 Å². The number of carbonyl (C=O) groups is 1. The Morgan fingerprint density at radius 2 is 2.13 bits per heavy atom. The van der Waals surface area contributed by atoms with Crippen LogP contribution in [0.5, 0.6) is 11.5 Å². The van der Waals surface area contributed by atoms with E-state index < -0.39 is 12.6 Å². The van der Waals surface area contributed by atoms with E-state index in [2.05, 4.69) is 11.6 Å². The van der Waals surface area contributed by atoms with Crippen LogP contribution in [0.3, 0.4) is 0 Å². The minimum atomic E-state index is -1.08. The fraction of sp³-hybridized carbons (Fsp3) is 0.136. The lowest BCUT2D eigenvalue weighted by molar-refractivity contribution is -0.139. The van der Waals surface area contributed by atoms with Crippen LogP contribution in [0.25, 0.3) is 22.1 Å². The first-order chi connectivity index (χ1) is 14.5. The van der Waals surface area contributed by atoms with Gasteiger partial charge in [0.15, 0.2) is 23.1 Å². The number of ether oxygens (including phenoxy) is 2. The Hall–Kier alpha value is -3.65. The number of rotatable bonds is 7. The van der Waals surface area contributed by atoms with Crippen LogP contribution < -0.4 is 19.6 Å². The fourth-order valence-electron chi connectivity index (χ4n) is 3.29. The molecule has 4 aromatic rings. The van der Waals surface area contributed by atoms with Crippen LogP contribution in [-0.4, -0.2) is 34.2 Å². The number of carboxylic acids is 1. The monoisotopic (exact) mass is 422 g/mol. The molecule has 2 heterocycles. The first-order valence-corrected chi connectivity index (χ1v) is 9.91. The van der Waals surface area contributed by atoms with E-state index in [1.807, 2.05) is 30.3 Å². The van der Waals surface area contributed by atoms with Gasteiger partial charge < -0.3 is 14.6 Å². The maximum atomic E-state index is 13.0. The zero-order valence-corrected chi connectivity index (χ0v) is 16.9. The molecule has 0 fully saturated rings. The van der Waals surface area contributed by atoms with Gasteiger partial charge in [-0.2, -0.15) is 0 Å². The van der Waals surface area contributed by atoms with Crippen molar-refractivity contribution in [3.8, 4) is 11.5 Å². The third-order valence-electron chi connectivity index (χ3n) is 4.52. The molecule has 1 N–H and O–H groups in total. The van der Waals surface area contributed by atoms with Gasteiger partial charge in [-0.25, -0.2) is 14.2 Å². The Morgan fingerprint density at radius 3 is 2.87 bits per heavy atom. The van der Waals surface area contributed by atoms with Gasteiger partial charge in [-0.3, -0.25) is 4.79 Å². The standard InChI is InChI=1S/C22H18N2O5S/c1-3-6-14-9-13(10-17(28-2)20(14)29-12-19(25)26)11-18-21(27)24-16-8-5-4-7-15(16)23-22(24)30-18/h3-5,7-11H,1,6,12H2,2H3,(H,25,26)/b18-11+. The molecule has 30 heavy (non-hydrogen) atoms. The van der Waals surface area contributed by atoms with Crippen molar-refractivity contribution in [2.24, 2.45) is 0 Å². The number of methoxy groups -OCH3 is 1. The number of allylic oxidation sites excluding steroid dienone is 1. The molecule has 0 aliphatic carbocycles. The van der Waals surface area contributed by atoms with Crippen LogP contribution in [0.4, 0.5) is 0 Å². The van der Waals surface area contributed by atoms with E-state index in [1.165, 1.54) is 18.4 Å². The molecule has 0 aliphatic rings. The number of nitrogens with zero attached hydrogens (tertiary/aromatic N) is 2.